The minimum absolute atomic E-state index is 0.476. The van der Waals surface area contributed by atoms with Gasteiger partial charge in [-0.2, -0.15) is 0 Å². The van der Waals surface area contributed by atoms with E-state index in [1.165, 1.54) is 7.11 Å². The second-order valence-electron chi connectivity index (χ2n) is 5.00. The SMILES string of the molecule is COC(=O)Oc1cc(-c2ccccc2)ccc1-c1ccccc1. The van der Waals surface area contributed by atoms with Crippen molar-refractivity contribution in [3.8, 4) is 28.0 Å². The molecule has 3 rings (SSSR count). The highest BCUT2D eigenvalue weighted by atomic mass is 16.7. The molecule has 3 nitrogen and oxygen atoms in total. The van der Waals surface area contributed by atoms with Crippen molar-refractivity contribution in [1.29, 1.82) is 0 Å². The van der Waals surface area contributed by atoms with Crippen LogP contribution in [0.3, 0.4) is 0 Å². The van der Waals surface area contributed by atoms with Crippen LogP contribution in [0.2, 0.25) is 0 Å². The molecule has 0 unspecified atom stereocenters. The van der Waals surface area contributed by atoms with E-state index in [-0.39, 0.29) is 0 Å². The van der Waals surface area contributed by atoms with E-state index in [1.807, 2.05) is 78.9 Å². The molecule has 3 aromatic rings. The van der Waals surface area contributed by atoms with Crippen LogP contribution in [0.5, 0.6) is 5.75 Å². The summed E-state index contributed by atoms with van der Waals surface area (Å²) in [5.41, 5.74) is 3.85. The second kappa shape index (κ2) is 6.79. The summed E-state index contributed by atoms with van der Waals surface area (Å²) >= 11 is 0. The van der Waals surface area contributed by atoms with E-state index < -0.39 is 6.16 Å². The maximum atomic E-state index is 11.6. The largest absolute Gasteiger partial charge is 0.513 e. The van der Waals surface area contributed by atoms with Crippen LogP contribution in [0, 0.1) is 0 Å². The van der Waals surface area contributed by atoms with E-state index in [0.717, 1.165) is 22.3 Å². The molecule has 0 atom stereocenters. The molecule has 0 aliphatic carbocycles. The predicted octanol–water partition coefficient (Wildman–Crippen LogP) is 5.17. The van der Waals surface area contributed by atoms with E-state index in [9.17, 15) is 4.79 Å². The van der Waals surface area contributed by atoms with Gasteiger partial charge in [-0.1, -0.05) is 72.8 Å². The Bertz CT molecular complexity index is 796. The van der Waals surface area contributed by atoms with Crippen LogP contribution in [-0.2, 0) is 4.74 Å². The zero-order valence-corrected chi connectivity index (χ0v) is 12.7. The van der Waals surface area contributed by atoms with Crippen LogP contribution in [0.25, 0.3) is 22.3 Å². The van der Waals surface area contributed by atoms with Gasteiger partial charge >= 0.3 is 6.16 Å². The Balaban J connectivity index is 2.08. The van der Waals surface area contributed by atoms with Crippen molar-refractivity contribution in [2.75, 3.05) is 7.11 Å². The Morgan fingerprint density at radius 2 is 1.35 bits per heavy atom. The first-order valence-corrected chi connectivity index (χ1v) is 7.28. The molecule has 0 spiro atoms. The number of hydrogen-bond acceptors (Lipinski definition) is 3. The molecule has 114 valence electrons. The molecule has 0 aliphatic rings. The topological polar surface area (TPSA) is 35.5 Å². The highest BCUT2D eigenvalue weighted by Crippen LogP contribution is 2.34. The summed E-state index contributed by atoms with van der Waals surface area (Å²) in [7, 11) is 1.30. The average molecular weight is 304 g/mol. The standard InChI is InChI=1S/C20H16O3/c1-22-20(21)23-19-14-17(15-8-4-2-5-9-15)12-13-18(19)16-10-6-3-7-11-16/h2-14H,1H3. The lowest BCUT2D eigenvalue weighted by molar-refractivity contribution is 0.121. The Kier molecular flexibility index (Phi) is 4.39. The van der Waals surface area contributed by atoms with Crippen LogP contribution in [-0.4, -0.2) is 13.3 Å². The van der Waals surface area contributed by atoms with Crippen LogP contribution in [0.4, 0.5) is 4.79 Å². The third-order valence-electron chi connectivity index (χ3n) is 3.53. The summed E-state index contributed by atoms with van der Waals surface area (Å²) in [4.78, 5) is 11.6. The molecule has 3 heteroatoms. The monoisotopic (exact) mass is 304 g/mol. The first-order valence-electron chi connectivity index (χ1n) is 7.28. The van der Waals surface area contributed by atoms with Crippen molar-refractivity contribution in [2.24, 2.45) is 0 Å². The first kappa shape index (κ1) is 14.9. The summed E-state index contributed by atoms with van der Waals surface area (Å²) in [6.45, 7) is 0. The van der Waals surface area contributed by atoms with Gasteiger partial charge in [0.25, 0.3) is 0 Å². The van der Waals surface area contributed by atoms with E-state index in [2.05, 4.69) is 4.74 Å². The molecular weight excluding hydrogens is 288 g/mol. The molecule has 0 aromatic heterocycles. The molecule has 0 heterocycles. The van der Waals surface area contributed by atoms with Gasteiger partial charge in [-0.15, -0.1) is 0 Å². The van der Waals surface area contributed by atoms with Gasteiger partial charge < -0.3 is 9.47 Å². The highest BCUT2D eigenvalue weighted by molar-refractivity contribution is 5.79. The normalized spacial score (nSPS) is 10.1. The van der Waals surface area contributed by atoms with Gasteiger partial charge in [-0.3, -0.25) is 0 Å². The number of hydrogen-bond donors (Lipinski definition) is 0. The fraction of sp³-hybridized carbons (Fsp3) is 0.0500. The van der Waals surface area contributed by atoms with E-state index in [0.29, 0.717) is 5.75 Å². The van der Waals surface area contributed by atoms with Gasteiger partial charge in [-0.05, 0) is 22.8 Å². The lowest BCUT2D eigenvalue weighted by Crippen LogP contribution is -2.08. The molecule has 23 heavy (non-hydrogen) atoms. The lowest BCUT2D eigenvalue weighted by Gasteiger charge is -2.12. The van der Waals surface area contributed by atoms with Gasteiger partial charge in [0.05, 0.1) is 7.11 Å². The third-order valence-corrected chi connectivity index (χ3v) is 3.53. The lowest BCUT2D eigenvalue weighted by atomic mass is 9.99. The van der Waals surface area contributed by atoms with Crippen LogP contribution in [0.15, 0.2) is 78.9 Å². The summed E-state index contributed by atoms with van der Waals surface area (Å²) in [5.74, 6) is 0.476. The van der Waals surface area contributed by atoms with Crippen LogP contribution < -0.4 is 4.74 Å². The van der Waals surface area contributed by atoms with Crippen molar-refractivity contribution in [3.05, 3.63) is 78.9 Å². The van der Waals surface area contributed by atoms with Gasteiger partial charge in [-0.25, -0.2) is 4.79 Å². The number of carbonyl (C=O) groups is 1. The van der Waals surface area contributed by atoms with Crippen LogP contribution >= 0.6 is 0 Å². The molecule has 0 saturated carbocycles. The van der Waals surface area contributed by atoms with Crippen molar-refractivity contribution in [2.45, 2.75) is 0 Å². The molecule has 0 radical (unpaired) electrons. The minimum atomic E-state index is -0.729. The highest BCUT2D eigenvalue weighted by Gasteiger charge is 2.12. The van der Waals surface area contributed by atoms with Crippen molar-refractivity contribution < 1.29 is 14.3 Å². The van der Waals surface area contributed by atoms with Gasteiger partial charge in [0.1, 0.15) is 5.75 Å². The molecular formula is C20H16O3. The Hall–Kier alpha value is -3.07. The molecule has 0 aliphatic heterocycles. The zero-order valence-electron chi connectivity index (χ0n) is 12.7. The zero-order chi connectivity index (χ0) is 16.1. The van der Waals surface area contributed by atoms with Crippen molar-refractivity contribution in [1.82, 2.24) is 0 Å². The molecule has 0 bridgehead atoms. The smallest absolute Gasteiger partial charge is 0.437 e. The van der Waals surface area contributed by atoms with Gasteiger partial charge in [0, 0.05) is 5.56 Å². The Morgan fingerprint density at radius 3 is 1.96 bits per heavy atom. The Labute approximate surface area is 135 Å². The molecule has 0 N–H and O–H groups in total. The summed E-state index contributed by atoms with van der Waals surface area (Å²) in [6, 6.07) is 25.6. The fourth-order valence-corrected chi connectivity index (χ4v) is 2.40. The summed E-state index contributed by atoms with van der Waals surface area (Å²) in [6.07, 6.45) is -0.729. The number of carbonyl (C=O) groups excluding carboxylic acids is 1. The van der Waals surface area contributed by atoms with Gasteiger partial charge in [0.2, 0.25) is 0 Å². The average Bonchev–Trinajstić information content (AvgIpc) is 2.63. The summed E-state index contributed by atoms with van der Waals surface area (Å²) in [5, 5.41) is 0. The first-order chi connectivity index (χ1) is 11.3. The van der Waals surface area contributed by atoms with Gasteiger partial charge in [0.15, 0.2) is 0 Å². The van der Waals surface area contributed by atoms with Crippen molar-refractivity contribution in [3.63, 3.8) is 0 Å². The maximum Gasteiger partial charge on any atom is 0.513 e. The van der Waals surface area contributed by atoms with E-state index >= 15 is 0 Å². The third kappa shape index (κ3) is 3.40. The number of benzene rings is 3. The summed E-state index contributed by atoms with van der Waals surface area (Å²) < 4.78 is 9.98. The maximum absolute atomic E-state index is 11.6. The van der Waals surface area contributed by atoms with Crippen molar-refractivity contribution >= 4 is 6.16 Å². The molecule has 0 amide bonds. The molecule has 0 saturated heterocycles. The number of rotatable bonds is 3. The fourth-order valence-electron chi connectivity index (χ4n) is 2.40. The second-order valence-corrected chi connectivity index (χ2v) is 5.00. The van der Waals surface area contributed by atoms with Crippen LogP contribution in [0.1, 0.15) is 0 Å². The molecule has 3 aromatic carbocycles. The predicted molar refractivity (Wildman–Crippen MR) is 90.3 cm³/mol. The number of methoxy groups -OCH3 is 1. The van der Waals surface area contributed by atoms with E-state index in [1.54, 1.807) is 0 Å². The minimum Gasteiger partial charge on any atom is -0.437 e. The quantitative estimate of drug-likeness (QED) is 0.495. The molecule has 0 fully saturated rings. The number of ether oxygens (including phenoxy) is 2. The Morgan fingerprint density at radius 1 is 0.739 bits per heavy atom. The van der Waals surface area contributed by atoms with E-state index in [4.69, 9.17) is 4.74 Å².